The van der Waals surface area contributed by atoms with Crippen LogP contribution in [0.2, 0.25) is 0 Å². The highest BCUT2D eigenvalue weighted by Gasteiger charge is 2.37. The summed E-state index contributed by atoms with van der Waals surface area (Å²) in [5, 5.41) is 0.454. The SMILES string of the molecule is CC1(C)COP(=S)(OC(=S)C(C)(C)C)OC1. The molecular weight excluding hydrogens is 263 g/mol. The van der Waals surface area contributed by atoms with Crippen LogP contribution in [0.5, 0.6) is 0 Å². The molecule has 94 valence electrons. The van der Waals surface area contributed by atoms with Crippen LogP contribution in [-0.4, -0.2) is 18.3 Å². The lowest BCUT2D eigenvalue weighted by Gasteiger charge is -2.36. The molecule has 1 heterocycles. The van der Waals surface area contributed by atoms with Gasteiger partial charge in [0.15, 0.2) is 5.05 Å². The predicted molar refractivity (Wildman–Crippen MR) is 73.1 cm³/mol. The summed E-state index contributed by atoms with van der Waals surface area (Å²) in [6, 6.07) is 0. The van der Waals surface area contributed by atoms with E-state index in [1.165, 1.54) is 0 Å². The van der Waals surface area contributed by atoms with E-state index in [1.54, 1.807) is 0 Å². The first-order valence-electron chi connectivity index (χ1n) is 5.17. The molecular formula is C10H19O3PS2. The summed E-state index contributed by atoms with van der Waals surface area (Å²) in [4.78, 5) is 0. The Hall–Kier alpha value is 0.460. The molecule has 1 aliphatic heterocycles. The van der Waals surface area contributed by atoms with Crippen molar-refractivity contribution < 1.29 is 13.6 Å². The van der Waals surface area contributed by atoms with E-state index >= 15 is 0 Å². The van der Waals surface area contributed by atoms with Crippen LogP contribution >= 0.6 is 18.9 Å². The van der Waals surface area contributed by atoms with E-state index in [1.807, 2.05) is 20.8 Å². The van der Waals surface area contributed by atoms with E-state index in [4.69, 9.17) is 37.6 Å². The molecule has 0 bridgehead atoms. The van der Waals surface area contributed by atoms with Crippen LogP contribution in [0.25, 0.3) is 0 Å². The van der Waals surface area contributed by atoms with E-state index < -0.39 is 6.72 Å². The number of hydrogen-bond donors (Lipinski definition) is 0. The number of rotatable bonds is 1. The van der Waals surface area contributed by atoms with Crippen LogP contribution in [0, 0.1) is 10.8 Å². The van der Waals surface area contributed by atoms with Gasteiger partial charge in [-0.15, -0.1) is 0 Å². The fourth-order valence-corrected chi connectivity index (χ4v) is 3.53. The van der Waals surface area contributed by atoms with Crippen LogP contribution < -0.4 is 0 Å². The van der Waals surface area contributed by atoms with Gasteiger partial charge in [-0.3, -0.25) is 9.05 Å². The van der Waals surface area contributed by atoms with Crippen molar-refractivity contribution in [3.05, 3.63) is 0 Å². The van der Waals surface area contributed by atoms with Crippen molar-refractivity contribution in [2.24, 2.45) is 10.8 Å². The summed E-state index contributed by atoms with van der Waals surface area (Å²) in [5.41, 5.74) is -0.226. The Labute approximate surface area is 108 Å². The summed E-state index contributed by atoms with van der Waals surface area (Å²) >= 11 is 10.4. The van der Waals surface area contributed by atoms with E-state index in [-0.39, 0.29) is 10.8 Å². The van der Waals surface area contributed by atoms with Gasteiger partial charge in [-0.1, -0.05) is 34.6 Å². The molecule has 0 amide bonds. The smallest absolute Gasteiger partial charge is 0.381 e. The average molecular weight is 282 g/mol. The maximum absolute atomic E-state index is 5.55. The normalized spacial score (nSPS) is 23.8. The molecule has 0 spiro atoms. The van der Waals surface area contributed by atoms with Crippen LogP contribution in [0.4, 0.5) is 0 Å². The molecule has 16 heavy (non-hydrogen) atoms. The van der Waals surface area contributed by atoms with Crippen molar-refractivity contribution in [1.29, 1.82) is 0 Å². The molecule has 0 unspecified atom stereocenters. The molecule has 0 radical (unpaired) electrons. The minimum atomic E-state index is -2.65. The monoisotopic (exact) mass is 282 g/mol. The molecule has 0 aliphatic carbocycles. The fourth-order valence-electron chi connectivity index (χ4n) is 0.878. The van der Waals surface area contributed by atoms with Crippen LogP contribution in [0.3, 0.4) is 0 Å². The second-order valence-corrected chi connectivity index (χ2v) is 9.09. The Morgan fingerprint density at radius 2 is 1.69 bits per heavy atom. The van der Waals surface area contributed by atoms with Crippen molar-refractivity contribution in [3.63, 3.8) is 0 Å². The lowest BCUT2D eigenvalue weighted by atomic mass is 9.97. The molecule has 0 aromatic rings. The molecule has 0 saturated carbocycles. The van der Waals surface area contributed by atoms with Crippen LogP contribution in [0.15, 0.2) is 0 Å². The van der Waals surface area contributed by atoms with Crippen molar-refractivity contribution in [3.8, 4) is 0 Å². The molecule has 0 atom stereocenters. The lowest BCUT2D eigenvalue weighted by Crippen LogP contribution is -2.31. The summed E-state index contributed by atoms with van der Waals surface area (Å²) in [6.07, 6.45) is 0. The Morgan fingerprint density at radius 1 is 1.25 bits per heavy atom. The van der Waals surface area contributed by atoms with Gasteiger partial charge in [0.25, 0.3) is 0 Å². The standard InChI is InChI=1S/C10H19O3PS2/c1-9(2,3)8(15)13-14(16)11-6-10(4,5)7-12-14/h6-7H2,1-5H3. The molecule has 6 heteroatoms. The quantitative estimate of drug-likeness (QED) is 0.540. The number of thiocarbonyl (C=S) groups is 1. The van der Waals surface area contributed by atoms with Gasteiger partial charge in [-0.2, -0.15) is 0 Å². The van der Waals surface area contributed by atoms with Crippen LogP contribution in [0.1, 0.15) is 34.6 Å². The van der Waals surface area contributed by atoms with Gasteiger partial charge in [-0.05, 0) is 12.2 Å². The zero-order chi connectivity index (χ0) is 12.6. The molecule has 1 aliphatic rings. The average Bonchev–Trinajstić information content (AvgIpc) is 2.10. The Balaban J connectivity index is 2.63. The van der Waals surface area contributed by atoms with E-state index in [0.29, 0.717) is 18.3 Å². The largest absolute Gasteiger partial charge is 0.416 e. The Morgan fingerprint density at radius 3 is 2.06 bits per heavy atom. The van der Waals surface area contributed by atoms with Gasteiger partial charge >= 0.3 is 6.72 Å². The van der Waals surface area contributed by atoms with Crippen molar-refractivity contribution >= 4 is 35.8 Å². The van der Waals surface area contributed by atoms with Gasteiger partial charge in [-0.25, -0.2) is 0 Å². The van der Waals surface area contributed by atoms with Crippen LogP contribution in [-0.2, 0) is 25.4 Å². The molecule has 0 aromatic carbocycles. The summed E-state index contributed by atoms with van der Waals surface area (Å²) in [7, 11) is 0. The van der Waals surface area contributed by atoms with Crippen molar-refractivity contribution in [2.45, 2.75) is 34.6 Å². The Kier molecular flexibility index (Phi) is 4.19. The van der Waals surface area contributed by atoms with Gasteiger partial charge in [0.1, 0.15) is 0 Å². The molecule has 1 saturated heterocycles. The second-order valence-electron chi connectivity index (χ2n) is 5.79. The first-order chi connectivity index (χ1) is 7.04. The van der Waals surface area contributed by atoms with Crippen molar-refractivity contribution in [2.75, 3.05) is 13.2 Å². The minimum Gasteiger partial charge on any atom is -0.416 e. The maximum atomic E-state index is 5.55. The molecule has 3 nitrogen and oxygen atoms in total. The van der Waals surface area contributed by atoms with Crippen molar-refractivity contribution in [1.82, 2.24) is 0 Å². The minimum absolute atomic E-state index is 0.00494. The molecule has 0 aromatic heterocycles. The molecule has 0 N–H and O–H groups in total. The molecule has 1 fully saturated rings. The number of hydrogen-bond acceptors (Lipinski definition) is 5. The van der Waals surface area contributed by atoms with E-state index in [2.05, 4.69) is 13.8 Å². The third kappa shape index (κ3) is 4.04. The predicted octanol–water partition coefficient (Wildman–Crippen LogP) is 3.67. The first-order valence-corrected chi connectivity index (χ1v) is 8.14. The fraction of sp³-hybridized carbons (Fsp3) is 0.900. The van der Waals surface area contributed by atoms with Gasteiger partial charge in [0, 0.05) is 22.6 Å². The van der Waals surface area contributed by atoms with Gasteiger partial charge in [0.05, 0.1) is 13.2 Å². The summed E-state index contributed by atoms with van der Waals surface area (Å²) < 4.78 is 16.6. The second kappa shape index (κ2) is 4.62. The first kappa shape index (κ1) is 14.5. The third-order valence-corrected chi connectivity index (χ3v) is 5.01. The van der Waals surface area contributed by atoms with Gasteiger partial charge in [0.2, 0.25) is 0 Å². The topological polar surface area (TPSA) is 27.7 Å². The summed E-state index contributed by atoms with van der Waals surface area (Å²) in [5.74, 6) is 0. The third-order valence-electron chi connectivity index (χ3n) is 2.03. The van der Waals surface area contributed by atoms with E-state index in [9.17, 15) is 0 Å². The highest BCUT2D eigenvalue weighted by molar-refractivity contribution is 8.08. The zero-order valence-electron chi connectivity index (χ0n) is 10.4. The van der Waals surface area contributed by atoms with Gasteiger partial charge < -0.3 is 4.52 Å². The maximum Gasteiger partial charge on any atom is 0.381 e. The van der Waals surface area contributed by atoms with E-state index in [0.717, 1.165) is 0 Å². The lowest BCUT2D eigenvalue weighted by molar-refractivity contribution is 0.0386. The highest BCUT2D eigenvalue weighted by Crippen LogP contribution is 2.56. The molecule has 1 rings (SSSR count). The zero-order valence-corrected chi connectivity index (χ0v) is 12.9. The Bertz CT molecular complexity index is 319. The highest BCUT2D eigenvalue weighted by atomic mass is 32.5. The summed E-state index contributed by atoms with van der Waals surface area (Å²) in [6.45, 7) is 8.51.